The van der Waals surface area contributed by atoms with Crippen molar-refractivity contribution in [3.05, 3.63) is 59.7 Å². The van der Waals surface area contributed by atoms with Gasteiger partial charge in [0.25, 0.3) is 15.9 Å². The van der Waals surface area contributed by atoms with Gasteiger partial charge >= 0.3 is 5.97 Å². The first-order valence-electron chi connectivity index (χ1n) is 8.84. The summed E-state index contributed by atoms with van der Waals surface area (Å²) < 4.78 is 32.7. The van der Waals surface area contributed by atoms with E-state index in [2.05, 4.69) is 0 Å². The molecule has 0 aromatic heterocycles. The number of hydrogen-bond donors (Lipinski definition) is 0. The normalized spacial score (nSPS) is 14.3. The average Bonchev–Trinajstić information content (AvgIpc) is 3.12. The largest absolute Gasteiger partial charge is 0.449 e. The van der Waals surface area contributed by atoms with Crippen LogP contribution in [0.2, 0.25) is 0 Å². The first-order valence-corrected chi connectivity index (χ1v) is 10.3. The second-order valence-corrected chi connectivity index (χ2v) is 8.63. The maximum absolute atomic E-state index is 13.1. The maximum Gasteiger partial charge on any atom is 0.338 e. The van der Waals surface area contributed by atoms with Crippen LogP contribution in [0.3, 0.4) is 0 Å². The van der Waals surface area contributed by atoms with Gasteiger partial charge < -0.3 is 9.64 Å². The Morgan fingerprint density at radius 3 is 2.54 bits per heavy atom. The lowest BCUT2D eigenvalue weighted by molar-refractivity contribution is -0.137. The summed E-state index contributed by atoms with van der Waals surface area (Å²) in [4.78, 5) is 25.6. The SMILES string of the molecule is C[C@@H](OC(=O)c1cccc(S(=O)(=O)N2CCc3ccccc32)c1)C(=O)N(C)C. The zero-order chi connectivity index (χ0) is 20.5. The van der Waals surface area contributed by atoms with E-state index in [9.17, 15) is 18.0 Å². The Hall–Kier alpha value is -2.87. The van der Waals surface area contributed by atoms with E-state index in [4.69, 9.17) is 4.74 Å². The summed E-state index contributed by atoms with van der Waals surface area (Å²) in [5.74, 6) is -1.10. The number of benzene rings is 2. The van der Waals surface area contributed by atoms with Crippen LogP contribution >= 0.6 is 0 Å². The monoisotopic (exact) mass is 402 g/mol. The quantitative estimate of drug-likeness (QED) is 0.715. The van der Waals surface area contributed by atoms with Crippen molar-refractivity contribution in [3.8, 4) is 0 Å². The van der Waals surface area contributed by atoms with Crippen molar-refractivity contribution in [1.82, 2.24) is 4.90 Å². The number of ether oxygens (including phenoxy) is 1. The van der Waals surface area contributed by atoms with Crippen LogP contribution in [0.25, 0.3) is 0 Å². The topological polar surface area (TPSA) is 84.0 Å². The van der Waals surface area contributed by atoms with E-state index in [0.29, 0.717) is 18.7 Å². The molecule has 7 nitrogen and oxygen atoms in total. The molecule has 148 valence electrons. The third kappa shape index (κ3) is 3.73. The van der Waals surface area contributed by atoms with E-state index in [0.717, 1.165) is 5.56 Å². The van der Waals surface area contributed by atoms with Crippen LogP contribution in [0, 0.1) is 0 Å². The molecule has 1 amide bonds. The third-order valence-electron chi connectivity index (χ3n) is 4.57. The Morgan fingerprint density at radius 1 is 1.11 bits per heavy atom. The van der Waals surface area contributed by atoms with Gasteiger partial charge in [0, 0.05) is 20.6 Å². The Balaban J connectivity index is 1.85. The standard InChI is InChI=1S/C20H22N2O5S/c1-14(19(23)21(2)3)27-20(24)16-8-6-9-17(13-16)28(25,26)22-12-11-15-7-4-5-10-18(15)22/h4-10,13-14H,11-12H2,1-3H3/t14-/m1/s1. The molecule has 2 aromatic rings. The lowest BCUT2D eigenvalue weighted by Crippen LogP contribution is -2.35. The van der Waals surface area contributed by atoms with E-state index < -0.39 is 22.1 Å². The third-order valence-corrected chi connectivity index (χ3v) is 6.38. The summed E-state index contributed by atoms with van der Waals surface area (Å²) in [5, 5.41) is 0. The number of likely N-dealkylation sites (N-methyl/N-ethyl adjacent to an activating group) is 1. The van der Waals surface area contributed by atoms with Crippen molar-refractivity contribution in [2.45, 2.75) is 24.3 Å². The smallest absolute Gasteiger partial charge is 0.338 e. The summed E-state index contributed by atoms with van der Waals surface area (Å²) in [5.41, 5.74) is 1.70. The van der Waals surface area contributed by atoms with Gasteiger partial charge in [-0.15, -0.1) is 0 Å². The van der Waals surface area contributed by atoms with E-state index in [1.54, 1.807) is 26.2 Å². The van der Waals surface area contributed by atoms with Crippen molar-refractivity contribution in [1.29, 1.82) is 0 Å². The summed E-state index contributed by atoms with van der Waals surface area (Å²) in [7, 11) is -0.689. The van der Waals surface area contributed by atoms with Crippen LogP contribution in [0.15, 0.2) is 53.4 Å². The fourth-order valence-electron chi connectivity index (χ4n) is 3.11. The van der Waals surface area contributed by atoms with Gasteiger partial charge in [0.15, 0.2) is 6.10 Å². The molecule has 28 heavy (non-hydrogen) atoms. The van der Waals surface area contributed by atoms with E-state index >= 15 is 0 Å². The highest BCUT2D eigenvalue weighted by atomic mass is 32.2. The van der Waals surface area contributed by atoms with Gasteiger partial charge in [-0.3, -0.25) is 9.10 Å². The minimum Gasteiger partial charge on any atom is -0.449 e. The highest BCUT2D eigenvalue weighted by Gasteiger charge is 2.31. The van der Waals surface area contributed by atoms with Gasteiger partial charge in [0.1, 0.15) is 0 Å². The number of esters is 1. The highest BCUT2D eigenvalue weighted by Crippen LogP contribution is 2.32. The molecular formula is C20H22N2O5S. The minimum absolute atomic E-state index is 0.00485. The fraction of sp³-hybridized carbons (Fsp3) is 0.300. The highest BCUT2D eigenvalue weighted by molar-refractivity contribution is 7.92. The maximum atomic E-state index is 13.1. The number of rotatable bonds is 5. The number of sulfonamides is 1. The van der Waals surface area contributed by atoms with Crippen LogP contribution < -0.4 is 4.31 Å². The second-order valence-electron chi connectivity index (χ2n) is 6.76. The molecule has 0 saturated carbocycles. The lowest BCUT2D eigenvalue weighted by atomic mass is 10.2. The van der Waals surface area contributed by atoms with Crippen molar-refractivity contribution in [2.75, 3.05) is 24.9 Å². The number of para-hydroxylation sites is 1. The first-order chi connectivity index (χ1) is 13.2. The number of hydrogen-bond acceptors (Lipinski definition) is 5. The van der Waals surface area contributed by atoms with Gasteiger partial charge in [0.05, 0.1) is 16.1 Å². The summed E-state index contributed by atoms with van der Waals surface area (Å²) in [6, 6.07) is 13.0. The molecule has 2 aromatic carbocycles. The molecule has 0 saturated heterocycles. The molecule has 3 rings (SSSR count). The van der Waals surface area contributed by atoms with Crippen LogP contribution in [-0.2, 0) is 26.0 Å². The number of nitrogens with zero attached hydrogens (tertiary/aromatic N) is 2. The molecule has 0 spiro atoms. The van der Waals surface area contributed by atoms with E-state index in [1.807, 2.05) is 12.1 Å². The van der Waals surface area contributed by atoms with E-state index in [-0.39, 0.29) is 16.4 Å². The summed E-state index contributed by atoms with van der Waals surface area (Å²) in [6.45, 7) is 1.83. The van der Waals surface area contributed by atoms with Crippen LogP contribution in [0.4, 0.5) is 5.69 Å². The molecule has 1 heterocycles. The molecule has 1 atom stereocenters. The number of fused-ring (bicyclic) bond motifs is 1. The van der Waals surface area contributed by atoms with E-state index in [1.165, 1.54) is 40.4 Å². The number of carbonyl (C=O) groups is 2. The first kappa shape index (κ1) is 19.9. The molecule has 0 radical (unpaired) electrons. The lowest BCUT2D eigenvalue weighted by Gasteiger charge is -2.20. The van der Waals surface area contributed by atoms with Gasteiger partial charge in [-0.1, -0.05) is 24.3 Å². The Kier molecular flexibility index (Phi) is 5.42. The summed E-state index contributed by atoms with van der Waals surface area (Å²) >= 11 is 0. The summed E-state index contributed by atoms with van der Waals surface area (Å²) in [6.07, 6.45) is -0.324. The molecule has 1 aliphatic heterocycles. The van der Waals surface area contributed by atoms with Crippen LogP contribution in [-0.4, -0.2) is 51.9 Å². The zero-order valence-electron chi connectivity index (χ0n) is 16.0. The molecule has 0 bridgehead atoms. The molecule has 0 aliphatic carbocycles. The molecule has 8 heteroatoms. The molecule has 1 aliphatic rings. The minimum atomic E-state index is -3.82. The van der Waals surface area contributed by atoms with Gasteiger partial charge in [-0.25, -0.2) is 13.2 Å². The van der Waals surface area contributed by atoms with Crippen LogP contribution in [0.5, 0.6) is 0 Å². The zero-order valence-corrected chi connectivity index (χ0v) is 16.8. The van der Waals surface area contributed by atoms with Crippen molar-refractivity contribution in [2.24, 2.45) is 0 Å². The molecule has 0 N–H and O–H groups in total. The van der Waals surface area contributed by atoms with Gasteiger partial charge in [0.2, 0.25) is 0 Å². The molecular weight excluding hydrogens is 380 g/mol. The van der Waals surface area contributed by atoms with Gasteiger partial charge in [-0.2, -0.15) is 0 Å². The van der Waals surface area contributed by atoms with Crippen molar-refractivity contribution in [3.63, 3.8) is 0 Å². The fourth-order valence-corrected chi connectivity index (χ4v) is 4.66. The number of anilines is 1. The van der Waals surface area contributed by atoms with Crippen LogP contribution in [0.1, 0.15) is 22.8 Å². The molecule has 0 unspecified atom stereocenters. The Morgan fingerprint density at radius 2 is 1.82 bits per heavy atom. The van der Waals surface area contributed by atoms with Crippen molar-refractivity contribution >= 4 is 27.6 Å². The second kappa shape index (κ2) is 7.63. The van der Waals surface area contributed by atoms with Gasteiger partial charge in [-0.05, 0) is 43.2 Å². The Bertz CT molecular complexity index is 1020. The number of amides is 1. The van der Waals surface area contributed by atoms with Crippen molar-refractivity contribution < 1.29 is 22.7 Å². The average molecular weight is 402 g/mol. The molecule has 0 fully saturated rings. The predicted octanol–water partition coefficient (Wildman–Crippen LogP) is 2.07. The Labute approximate surface area is 164 Å². The number of carbonyl (C=O) groups excluding carboxylic acids is 2. The predicted molar refractivity (Wildman–Crippen MR) is 105 cm³/mol.